The summed E-state index contributed by atoms with van der Waals surface area (Å²) in [5.74, 6) is 0.878. The maximum atomic E-state index is 12.2. The molecule has 0 aromatic carbocycles. The van der Waals surface area contributed by atoms with Crippen LogP contribution in [0.5, 0.6) is 0 Å². The summed E-state index contributed by atoms with van der Waals surface area (Å²) in [6.45, 7) is 2.42. The smallest absolute Gasteiger partial charge is 0.282 e. The number of nitrogens with zero attached hydrogens (tertiary/aromatic N) is 2. The van der Waals surface area contributed by atoms with E-state index in [2.05, 4.69) is 11.4 Å². The van der Waals surface area contributed by atoms with Gasteiger partial charge < -0.3 is 9.80 Å². The van der Waals surface area contributed by atoms with E-state index in [1.165, 1.54) is 22.2 Å². The summed E-state index contributed by atoms with van der Waals surface area (Å²) >= 11 is 3.07. The molecule has 0 atom stereocenters. The minimum Gasteiger partial charge on any atom is -0.336 e. The number of hydrogen-bond donors (Lipinski definition) is 0. The fourth-order valence-corrected chi connectivity index (χ4v) is 4.01. The number of thiophene rings is 1. The lowest BCUT2D eigenvalue weighted by atomic mass is 10.1. The second kappa shape index (κ2) is 4.93. The van der Waals surface area contributed by atoms with Gasteiger partial charge in [-0.25, -0.2) is 0 Å². The van der Waals surface area contributed by atoms with Crippen LogP contribution in [0.15, 0.2) is 11.4 Å². The first-order chi connectivity index (χ1) is 8.74. The van der Waals surface area contributed by atoms with Crippen molar-refractivity contribution in [3.05, 3.63) is 21.9 Å². The average molecular weight is 282 g/mol. The maximum Gasteiger partial charge on any atom is 0.282 e. The van der Waals surface area contributed by atoms with Crippen LogP contribution in [0.25, 0.3) is 0 Å². The minimum atomic E-state index is 0.0385. The number of thioether (sulfide) groups is 1. The van der Waals surface area contributed by atoms with Crippen molar-refractivity contribution < 1.29 is 9.59 Å². The summed E-state index contributed by atoms with van der Waals surface area (Å²) < 4.78 is 0. The van der Waals surface area contributed by atoms with E-state index in [1.807, 2.05) is 4.90 Å². The highest BCUT2D eigenvalue weighted by Gasteiger charge is 2.27. The van der Waals surface area contributed by atoms with Gasteiger partial charge in [0.1, 0.15) is 6.54 Å². The van der Waals surface area contributed by atoms with Crippen LogP contribution in [0.3, 0.4) is 0 Å². The van der Waals surface area contributed by atoms with E-state index < -0.39 is 0 Å². The van der Waals surface area contributed by atoms with Gasteiger partial charge in [0.15, 0.2) is 0 Å². The van der Waals surface area contributed by atoms with Gasteiger partial charge in [0, 0.05) is 30.3 Å². The van der Waals surface area contributed by atoms with Crippen molar-refractivity contribution in [1.82, 2.24) is 9.80 Å². The molecule has 0 bridgehead atoms. The first-order valence-electron chi connectivity index (χ1n) is 5.99. The van der Waals surface area contributed by atoms with Crippen LogP contribution in [0.1, 0.15) is 10.4 Å². The number of rotatable bonds is 2. The van der Waals surface area contributed by atoms with Gasteiger partial charge in [-0.05, 0) is 23.4 Å². The SMILES string of the molecule is O=C(CN1CCSC1=O)N1CCc2sccc2C1. The Bertz CT molecular complexity index is 486. The van der Waals surface area contributed by atoms with Crippen LogP contribution in [-0.4, -0.2) is 46.3 Å². The van der Waals surface area contributed by atoms with Crippen molar-refractivity contribution in [3.63, 3.8) is 0 Å². The zero-order valence-corrected chi connectivity index (χ0v) is 11.6. The highest BCUT2D eigenvalue weighted by Crippen LogP contribution is 2.24. The topological polar surface area (TPSA) is 40.6 Å². The van der Waals surface area contributed by atoms with Crippen LogP contribution >= 0.6 is 23.1 Å². The molecule has 3 heterocycles. The van der Waals surface area contributed by atoms with Gasteiger partial charge in [-0.15, -0.1) is 11.3 Å². The highest BCUT2D eigenvalue weighted by molar-refractivity contribution is 8.13. The largest absolute Gasteiger partial charge is 0.336 e. The molecule has 0 unspecified atom stereocenters. The van der Waals surface area contributed by atoms with Crippen molar-refractivity contribution in [3.8, 4) is 0 Å². The fraction of sp³-hybridized carbons (Fsp3) is 0.500. The molecule has 4 nitrogen and oxygen atoms in total. The molecule has 0 N–H and O–H groups in total. The van der Waals surface area contributed by atoms with Gasteiger partial charge in [-0.1, -0.05) is 11.8 Å². The molecule has 0 spiro atoms. The first-order valence-corrected chi connectivity index (χ1v) is 7.85. The normalized spacial score (nSPS) is 19.2. The average Bonchev–Trinajstić information content (AvgIpc) is 2.98. The van der Waals surface area contributed by atoms with Crippen LogP contribution in [-0.2, 0) is 17.8 Å². The van der Waals surface area contributed by atoms with E-state index in [1.54, 1.807) is 16.2 Å². The van der Waals surface area contributed by atoms with Crippen LogP contribution in [0, 0.1) is 0 Å². The van der Waals surface area contributed by atoms with Crippen LogP contribution < -0.4 is 0 Å². The summed E-state index contributed by atoms with van der Waals surface area (Å²) in [7, 11) is 0. The fourth-order valence-electron chi connectivity index (χ4n) is 2.29. The molecule has 1 aromatic heterocycles. The van der Waals surface area contributed by atoms with E-state index in [0.29, 0.717) is 13.1 Å². The summed E-state index contributed by atoms with van der Waals surface area (Å²) in [5.41, 5.74) is 1.27. The van der Waals surface area contributed by atoms with Crippen molar-refractivity contribution in [1.29, 1.82) is 0 Å². The number of carbonyl (C=O) groups is 2. The van der Waals surface area contributed by atoms with Gasteiger partial charge in [0.25, 0.3) is 5.24 Å². The van der Waals surface area contributed by atoms with Gasteiger partial charge in [-0.3, -0.25) is 9.59 Å². The van der Waals surface area contributed by atoms with E-state index in [4.69, 9.17) is 0 Å². The molecule has 0 saturated carbocycles. The third-order valence-electron chi connectivity index (χ3n) is 3.33. The predicted molar refractivity (Wildman–Crippen MR) is 72.9 cm³/mol. The van der Waals surface area contributed by atoms with E-state index >= 15 is 0 Å². The maximum absolute atomic E-state index is 12.2. The molecule has 3 rings (SSSR count). The molecule has 0 radical (unpaired) electrons. The third kappa shape index (κ3) is 2.27. The Balaban J connectivity index is 1.62. The summed E-state index contributed by atoms with van der Waals surface area (Å²) in [5, 5.41) is 2.12. The highest BCUT2D eigenvalue weighted by atomic mass is 32.2. The summed E-state index contributed by atoms with van der Waals surface area (Å²) in [6.07, 6.45) is 0.946. The number of carbonyl (C=O) groups excluding carboxylic acids is 2. The Hall–Kier alpha value is -1.01. The summed E-state index contributed by atoms with van der Waals surface area (Å²) in [4.78, 5) is 28.5. The molecular weight excluding hydrogens is 268 g/mol. The zero-order valence-electron chi connectivity index (χ0n) is 9.92. The van der Waals surface area contributed by atoms with Crippen molar-refractivity contribution in [2.75, 3.05) is 25.4 Å². The summed E-state index contributed by atoms with van der Waals surface area (Å²) in [6, 6.07) is 2.09. The molecule has 96 valence electrons. The van der Waals surface area contributed by atoms with Gasteiger partial charge in [-0.2, -0.15) is 0 Å². The molecule has 6 heteroatoms. The minimum absolute atomic E-state index is 0.0385. The van der Waals surface area contributed by atoms with Crippen molar-refractivity contribution in [2.45, 2.75) is 13.0 Å². The quantitative estimate of drug-likeness (QED) is 0.830. The third-order valence-corrected chi connectivity index (χ3v) is 5.25. The molecular formula is C12H14N2O2S2. The monoisotopic (exact) mass is 282 g/mol. The Morgan fingerprint density at radius 2 is 2.28 bits per heavy atom. The molecule has 1 saturated heterocycles. The van der Waals surface area contributed by atoms with Gasteiger partial charge in [0.05, 0.1) is 0 Å². The lowest BCUT2D eigenvalue weighted by Crippen LogP contribution is -2.42. The molecule has 2 aliphatic rings. The standard InChI is InChI=1S/C12H14N2O2S2/c15-11(8-14-4-6-18-12(14)16)13-3-1-10-9(7-13)2-5-17-10/h2,5H,1,3-4,6-8H2. The lowest BCUT2D eigenvalue weighted by Gasteiger charge is -2.28. The molecule has 1 aromatic rings. The van der Waals surface area contributed by atoms with Gasteiger partial charge in [0.2, 0.25) is 5.91 Å². The Morgan fingerprint density at radius 3 is 3.06 bits per heavy atom. The molecule has 2 aliphatic heterocycles. The lowest BCUT2D eigenvalue weighted by molar-refractivity contribution is -0.132. The van der Waals surface area contributed by atoms with Crippen molar-refractivity contribution >= 4 is 34.2 Å². The molecule has 18 heavy (non-hydrogen) atoms. The predicted octanol–water partition coefficient (Wildman–Crippen LogP) is 1.80. The number of hydrogen-bond acceptors (Lipinski definition) is 4. The van der Waals surface area contributed by atoms with Crippen LogP contribution in [0.4, 0.5) is 4.79 Å². The van der Waals surface area contributed by atoms with Crippen molar-refractivity contribution in [2.24, 2.45) is 0 Å². The van der Waals surface area contributed by atoms with E-state index in [-0.39, 0.29) is 17.7 Å². The second-order valence-electron chi connectivity index (χ2n) is 4.47. The number of fused-ring (bicyclic) bond motifs is 1. The number of amides is 2. The first kappa shape index (κ1) is 12.0. The molecule has 1 fully saturated rings. The Labute approximate surface area is 114 Å². The molecule has 2 amide bonds. The molecule has 0 aliphatic carbocycles. The zero-order chi connectivity index (χ0) is 12.5. The Kier molecular flexibility index (Phi) is 3.30. The Morgan fingerprint density at radius 1 is 1.39 bits per heavy atom. The van der Waals surface area contributed by atoms with Gasteiger partial charge >= 0.3 is 0 Å². The second-order valence-corrected chi connectivity index (χ2v) is 6.52. The van der Waals surface area contributed by atoms with E-state index in [0.717, 1.165) is 18.7 Å². The van der Waals surface area contributed by atoms with E-state index in [9.17, 15) is 9.59 Å². The van der Waals surface area contributed by atoms with Crippen LogP contribution in [0.2, 0.25) is 0 Å².